The summed E-state index contributed by atoms with van der Waals surface area (Å²) in [4.78, 5) is 8.09. The van der Waals surface area contributed by atoms with E-state index in [9.17, 15) is 5.26 Å². The Balaban J connectivity index is 1.95. The minimum atomic E-state index is 0.575. The Bertz CT molecular complexity index is 1150. The van der Waals surface area contributed by atoms with Crippen molar-refractivity contribution in [3.63, 3.8) is 0 Å². The number of imidazole rings is 1. The Kier molecular flexibility index (Phi) is 3.62. The van der Waals surface area contributed by atoms with Gasteiger partial charge in [0.05, 0.1) is 16.6 Å². The third-order valence-electron chi connectivity index (χ3n) is 4.56. The molecule has 0 aliphatic rings. The first kappa shape index (κ1) is 15.2. The van der Waals surface area contributed by atoms with Crippen LogP contribution in [-0.2, 0) is 6.54 Å². The molecule has 122 valence electrons. The zero-order chi connectivity index (χ0) is 17.4. The van der Waals surface area contributed by atoms with Gasteiger partial charge in [-0.25, -0.2) is 4.98 Å². The standard InChI is InChI=1S/C21H18N4/c1-3-25-20-11-7-6-10-19(20)24-21(25)15(13-22)12-17-14(2)23-18-9-5-4-8-16(17)18/h4-12,23H,3H2,1-2H3/b15-12-. The molecule has 4 nitrogen and oxygen atoms in total. The first-order chi connectivity index (χ1) is 12.2. The van der Waals surface area contributed by atoms with E-state index in [4.69, 9.17) is 4.98 Å². The number of benzene rings is 2. The lowest BCUT2D eigenvalue weighted by Crippen LogP contribution is -2.00. The van der Waals surface area contributed by atoms with Crippen molar-refractivity contribution < 1.29 is 0 Å². The van der Waals surface area contributed by atoms with Crippen LogP contribution in [0.5, 0.6) is 0 Å². The van der Waals surface area contributed by atoms with Gasteiger partial charge in [-0.15, -0.1) is 0 Å². The van der Waals surface area contributed by atoms with Crippen molar-refractivity contribution in [3.8, 4) is 6.07 Å². The van der Waals surface area contributed by atoms with Crippen LogP contribution in [0.25, 0.3) is 33.6 Å². The van der Waals surface area contributed by atoms with Crippen LogP contribution in [0.3, 0.4) is 0 Å². The van der Waals surface area contributed by atoms with Crippen molar-refractivity contribution >= 4 is 33.6 Å². The van der Waals surface area contributed by atoms with Gasteiger partial charge >= 0.3 is 0 Å². The predicted octanol–water partition coefficient (Wildman–Crippen LogP) is 4.91. The number of nitriles is 1. The zero-order valence-corrected chi connectivity index (χ0v) is 14.2. The fourth-order valence-electron chi connectivity index (χ4n) is 3.38. The van der Waals surface area contributed by atoms with Crippen LogP contribution >= 0.6 is 0 Å². The lowest BCUT2D eigenvalue weighted by molar-refractivity contribution is 0.775. The molecular weight excluding hydrogens is 308 g/mol. The summed E-state index contributed by atoms with van der Waals surface area (Å²) in [6.45, 7) is 4.87. The van der Waals surface area contributed by atoms with Crippen LogP contribution in [0.4, 0.5) is 0 Å². The second kappa shape index (κ2) is 5.95. The van der Waals surface area contributed by atoms with Crippen molar-refractivity contribution in [1.82, 2.24) is 14.5 Å². The van der Waals surface area contributed by atoms with Crippen LogP contribution in [0.2, 0.25) is 0 Å². The molecule has 0 saturated heterocycles. The molecule has 2 heterocycles. The average Bonchev–Trinajstić information content (AvgIpc) is 3.16. The number of para-hydroxylation sites is 3. The molecule has 4 aromatic rings. The monoisotopic (exact) mass is 326 g/mol. The van der Waals surface area contributed by atoms with Gasteiger partial charge in [0.25, 0.3) is 0 Å². The van der Waals surface area contributed by atoms with Gasteiger partial charge < -0.3 is 9.55 Å². The summed E-state index contributed by atoms with van der Waals surface area (Å²) < 4.78 is 2.09. The highest BCUT2D eigenvalue weighted by atomic mass is 15.1. The van der Waals surface area contributed by atoms with Crippen LogP contribution in [0.15, 0.2) is 48.5 Å². The summed E-state index contributed by atoms with van der Waals surface area (Å²) in [7, 11) is 0. The van der Waals surface area contributed by atoms with Gasteiger partial charge in [-0.2, -0.15) is 5.26 Å². The predicted molar refractivity (Wildman–Crippen MR) is 102 cm³/mol. The number of aryl methyl sites for hydroxylation is 2. The molecule has 0 radical (unpaired) electrons. The highest BCUT2D eigenvalue weighted by molar-refractivity contribution is 5.99. The van der Waals surface area contributed by atoms with Crippen molar-refractivity contribution in [3.05, 3.63) is 65.6 Å². The van der Waals surface area contributed by atoms with E-state index in [2.05, 4.69) is 28.6 Å². The maximum Gasteiger partial charge on any atom is 0.151 e. The summed E-state index contributed by atoms with van der Waals surface area (Å²) in [5.74, 6) is 0.718. The van der Waals surface area contributed by atoms with Gasteiger partial charge in [-0.05, 0) is 38.1 Å². The van der Waals surface area contributed by atoms with E-state index in [0.717, 1.165) is 45.6 Å². The third-order valence-corrected chi connectivity index (χ3v) is 4.56. The first-order valence-electron chi connectivity index (χ1n) is 8.37. The van der Waals surface area contributed by atoms with Gasteiger partial charge in [0.2, 0.25) is 0 Å². The molecule has 0 fully saturated rings. The van der Waals surface area contributed by atoms with Gasteiger partial charge in [0.1, 0.15) is 6.07 Å². The van der Waals surface area contributed by atoms with E-state index in [1.54, 1.807) is 0 Å². The van der Waals surface area contributed by atoms with E-state index in [-0.39, 0.29) is 0 Å². The lowest BCUT2D eigenvalue weighted by atomic mass is 10.1. The smallest absolute Gasteiger partial charge is 0.151 e. The summed E-state index contributed by atoms with van der Waals surface area (Å²) in [6.07, 6.45) is 1.95. The SMILES string of the molecule is CCn1c(/C(C#N)=C\c2c(C)[nH]c3ccccc23)nc2ccccc21. The Labute approximate surface area is 146 Å². The highest BCUT2D eigenvalue weighted by Gasteiger charge is 2.15. The van der Waals surface area contributed by atoms with Crippen molar-refractivity contribution in [2.24, 2.45) is 0 Å². The lowest BCUT2D eigenvalue weighted by Gasteiger charge is -2.05. The molecule has 2 aromatic carbocycles. The second-order valence-corrected chi connectivity index (χ2v) is 6.05. The highest BCUT2D eigenvalue weighted by Crippen LogP contribution is 2.28. The molecule has 0 amide bonds. The molecule has 0 atom stereocenters. The fourth-order valence-corrected chi connectivity index (χ4v) is 3.38. The summed E-state index contributed by atoms with van der Waals surface area (Å²) in [5, 5.41) is 10.9. The largest absolute Gasteiger partial charge is 0.358 e. The van der Waals surface area contributed by atoms with Gasteiger partial charge in [-0.3, -0.25) is 0 Å². The van der Waals surface area contributed by atoms with Crippen LogP contribution in [0, 0.1) is 18.3 Å². The topological polar surface area (TPSA) is 57.4 Å². The quantitative estimate of drug-likeness (QED) is 0.544. The van der Waals surface area contributed by atoms with Gasteiger partial charge in [0.15, 0.2) is 5.82 Å². The summed E-state index contributed by atoms with van der Waals surface area (Å²) >= 11 is 0. The average molecular weight is 326 g/mol. The minimum absolute atomic E-state index is 0.575. The minimum Gasteiger partial charge on any atom is -0.358 e. The van der Waals surface area contributed by atoms with E-state index in [0.29, 0.717) is 5.57 Å². The molecule has 1 N–H and O–H groups in total. The second-order valence-electron chi connectivity index (χ2n) is 6.05. The molecule has 0 aliphatic carbocycles. The van der Waals surface area contributed by atoms with E-state index in [1.165, 1.54) is 0 Å². The number of H-pyrrole nitrogens is 1. The number of fused-ring (bicyclic) bond motifs is 2. The number of aromatic nitrogens is 3. The van der Waals surface area contributed by atoms with E-state index < -0.39 is 0 Å². The number of aromatic amines is 1. The van der Waals surface area contributed by atoms with Gasteiger partial charge in [-0.1, -0.05) is 30.3 Å². The normalized spacial score (nSPS) is 12.0. The summed E-state index contributed by atoms with van der Waals surface area (Å²) in [5.41, 5.74) is 5.71. The number of nitrogens with zero attached hydrogens (tertiary/aromatic N) is 3. The fraction of sp³-hybridized carbons (Fsp3) is 0.143. The molecule has 0 spiro atoms. The molecular formula is C21H18N4. The number of allylic oxidation sites excluding steroid dienone is 1. The Hall–Kier alpha value is -3.32. The Morgan fingerprint density at radius 1 is 1.20 bits per heavy atom. The number of hydrogen-bond donors (Lipinski definition) is 1. The molecule has 0 aliphatic heterocycles. The van der Waals surface area contributed by atoms with Gasteiger partial charge in [0, 0.05) is 28.7 Å². The summed E-state index contributed by atoms with van der Waals surface area (Å²) in [6, 6.07) is 18.5. The first-order valence-corrected chi connectivity index (χ1v) is 8.37. The van der Waals surface area contributed by atoms with Crippen LogP contribution in [0.1, 0.15) is 24.0 Å². The maximum absolute atomic E-state index is 9.80. The Morgan fingerprint density at radius 2 is 1.96 bits per heavy atom. The van der Waals surface area contributed by atoms with E-state index >= 15 is 0 Å². The molecule has 4 heteroatoms. The zero-order valence-electron chi connectivity index (χ0n) is 14.2. The Morgan fingerprint density at radius 3 is 2.76 bits per heavy atom. The van der Waals surface area contributed by atoms with Crippen molar-refractivity contribution in [1.29, 1.82) is 5.26 Å². The maximum atomic E-state index is 9.80. The molecule has 2 aromatic heterocycles. The van der Waals surface area contributed by atoms with Crippen LogP contribution in [-0.4, -0.2) is 14.5 Å². The number of hydrogen-bond acceptors (Lipinski definition) is 2. The molecule has 0 unspecified atom stereocenters. The van der Waals surface area contributed by atoms with Crippen molar-refractivity contribution in [2.75, 3.05) is 0 Å². The van der Waals surface area contributed by atoms with Crippen molar-refractivity contribution in [2.45, 2.75) is 20.4 Å². The van der Waals surface area contributed by atoms with E-state index in [1.807, 2.05) is 55.5 Å². The van der Waals surface area contributed by atoms with Crippen LogP contribution < -0.4 is 0 Å². The number of rotatable bonds is 3. The molecule has 4 rings (SSSR count). The molecule has 0 bridgehead atoms. The third kappa shape index (κ3) is 2.41. The molecule has 0 saturated carbocycles. The number of nitrogens with one attached hydrogen (secondary N) is 1. The molecule has 25 heavy (non-hydrogen) atoms.